The van der Waals surface area contributed by atoms with E-state index in [1.54, 1.807) is 0 Å². The van der Waals surface area contributed by atoms with E-state index in [2.05, 4.69) is 40.7 Å². The van der Waals surface area contributed by atoms with Crippen molar-refractivity contribution in [3.8, 4) is 0 Å². The highest BCUT2D eigenvalue weighted by Crippen LogP contribution is 2.61. The maximum absolute atomic E-state index is 13.6. The molecule has 17 N–H and O–H groups in total. The lowest BCUT2D eigenvalue weighted by molar-refractivity contribution is -0.261. The topological polar surface area (TPSA) is 541 Å². The molecule has 2 fully saturated rings. The minimum Gasteiger partial charge on any atom is -0.481 e. The van der Waals surface area contributed by atoms with Crippen LogP contribution in [0.2, 0.25) is 0 Å². The Kier molecular flexibility index (Phi) is 25.1. The van der Waals surface area contributed by atoms with E-state index in [-0.39, 0.29) is 19.4 Å². The van der Waals surface area contributed by atoms with Gasteiger partial charge in [-0.05, 0) is 59.9 Å². The number of phosphoric acid groups is 2. The molecule has 1 aromatic heterocycles. The molecule has 0 bridgehead atoms. The zero-order chi connectivity index (χ0) is 58.3. The number of H-pyrrole nitrogens is 1. The third-order valence-electron chi connectivity index (χ3n) is 11.4. The van der Waals surface area contributed by atoms with Crippen LogP contribution in [0.5, 0.6) is 0 Å². The number of nitrogens with zero attached hydrogens (tertiary/aromatic N) is 1. The molecule has 3 rings (SSSR count). The van der Waals surface area contributed by atoms with E-state index < -0.39 is 192 Å². The van der Waals surface area contributed by atoms with E-state index in [1.165, 1.54) is 13.8 Å². The van der Waals surface area contributed by atoms with E-state index in [9.17, 15) is 92.4 Å². The summed E-state index contributed by atoms with van der Waals surface area (Å²) in [6.07, 6.45) is -16.8. The number of carbonyl (C=O) groups excluding carboxylic acids is 6. The Morgan fingerprint density at radius 3 is 1.91 bits per heavy atom. The quantitative estimate of drug-likeness (QED) is 0.0251. The first-order chi connectivity index (χ1) is 35.8. The number of ether oxygens (including phenoxy) is 3. The van der Waals surface area contributed by atoms with Gasteiger partial charge in [0, 0.05) is 25.6 Å². The number of carboxylic acid groups (broad SMARTS) is 2. The van der Waals surface area contributed by atoms with Crippen LogP contribution in [0, 0.1) is 0 Å². The molecule has 0 aliphatic carbocycles. The number of nitrogens with one attached hydrogen (secondary N) is 7. The van der Waals surface area contributed by atoms with E-state index in [4.69, 9.17) is 29.6 Å². The number of unbranched alkanes of at least 4 members (excludes halogenated alkanes) is 1. The summed E-state index contributed by atoms with van der Waals surface area (Å²) in [5.41, 5.74) is 3.69. The fourth-order valence-electron chi connectivity index (χ4n) is 7.24. The molecule has 3 heterocycles. The van der Waals surface area contributed by atoms with E-state index >= 15 is 0 Å². The average Bonchev–Trinajstić information content (AvgIpc) is 3.61. The molecule has 17 atom stereocenters. The number of phosphoric ester groups is 2. The Labute approximate surface area is 436 Å². The van der Waals surface area contributed by atoms with Crippen molar-refractivity contribution >= 4 is 63.0 Å². The Morgan fingerprint density at radius 1 is 0.766 bits per heavy atom. The van der Waals surface area contributed by atoms with Gasteiger partial charge in [-0.15, -0.1) is 0 Å². The van der Waals surface area contributed by atoms with Crippen LogP contribution in [-0.4, -0.2) is 202 Å². The Balaban J connectivity index is 1.73. The number of carbonyl (C=O) groups is 8. The van der Waals surface area contributed by atoms with Crippen molar-refractivity contribution in [1.29, 1.82) is 0 Å². The summed E-state index contributed by atoms with van der Waals surface area (Å²) in [7, 11) is -11.7. The van der Waals surface area contributed by atoms with Crippen molar-refractivity contribution in [2.45, 2.75) is 158 Å². The SMILES string of the molecule is CC(=O)N[C@H]1[C@@H](OP(=O)(O)OP(=O)(O)OC[C@H]2O[C@@H](n3ccc(=O)[nH]c3=O)[C@H](O)[C@@H]2O)O[C@H](CO)[C@@H](O)[C@@H]1O[C@H](C)C(=O)N[C@@H](C)C(=O)N[C@H](CCC(=O)O)C(=O)N[C@@H](CCCCN)C(=O)N[C@H](C)C(=O)N[C@H](C)C(=O)O. The lowest BCUT2D eigenvalue weighted by atomic mass is 9.96. The predicted octanol–water partition coefficient (Wildman–Crippen LogP) is -6.68. The summed E-state index contributed by atoms with van der Waals surface area (Å²) in [6.45, 7) is 3.42. The van der Waals surface area contributed by atoms with Crippen LogP contribution in [0.3, 0.4) is 0 Å². The molecule has 6 amide bonds. The highest BCUT2D eigenvalue weighted by atomic mass is 31.3. The molecule has 2 aliphatic heterocycles. The van der Waals surface area contributed by atoms with Gasteiger partial charge in [-0.3, -0.25) is 61.7 Å². The summed E-state index contributed by atoms with van der Waals surface area (Å²) >= 11 is 0. The fraction of sp³-hybridized carbons (Fsp3) is 0.700. The lowest BCUT2D eigenvalue weighted by Crippen LogP contribution is -2.66. The van der Waals surface area contributed by atoms with Gasteiger partial charge in [0.1, 0.15) is 79.0 Å². The molecular weight excluding hydrogens is 1080 g/mol. The zero-order valence-electron chi connectivity index (χ0n) is 41.8. The van der Waals surface area contributed by atoms with Gasteiger partial charge in [-0.25, -0.2) is 13.9 Å². The van der Waals surface area contributed by atoms with Gasteiger partial charge >= 0.3 is 33.3 Å². The molecule has 2 unspecified atom stereocenters. The number of aliphatic hydroxyl groups excluding tert-OH is 4. The molecule has 2 saturated heterocycles. The minimum atomic E-state index is -5.96. The molecule has 37 heteroatoms. The second kappa shape index (κ2) is 29.4. The fourth-order valence-corrected chi connectivity index (χ4v) is 9.41. The van der Waals surface area contributed by atoms with Crippen LogP contribution in [0.1, 0.15) is 73.0 Å². The van der Waals surface area contributed by atoms with Crippen LogP contribution in [0.15, 0.2) is 21.9 Å². The number of aliphatic hydroxyl groups is 4. The third kappa shape index (κ3) is 20.0. The van der Waals surface area contributed by atoms with Crippen LogP contribution in [-0.2, 0) is 75.1 Å². The smallest absolute Gasteiger partial charge is 0.481 e. The van der Waals surface area contributed by atoms with Crippen LogP contribution >= 0.6 is 15.6 Å². The van der Waals surface area contributed by atoms with Crippen LogP contribution in [0.4, 0.5) is 0 Å². The largest absolute Gasteiger partial charge is 0.483 e. The Bertz CT molecular complexity index is 2480. The molecule has 0 saturated carbocycles. The number of amides is 6. The lowest BCUT2D eigenvalue weighted by Gasteiger charge is -2.44. The Morgan fingerprint density at radius 2 is 1.34 bits per heavy atom. The number of carboxylic acids is 2. The van der Waals surface area contributed by atoms with Gasteiger partial charge < -0.3 is 92.3 Å². The molecular formula is C40H65N9O26P2. The molecule has 0 spiro atoms. The number of rotatable bonds is 30. The van der Waals surface area contributed by atoms with Crippen molar-refractivity contribution in [2.24, 2.45) is 5.73 Å². The van der Waals surface area contributed by atoms with Gasteiger partial charge in [0.15, 0.2) is 12.5 Å². The van der Waals surface area contributed by atoms with Crippen molar-refractivity contribution in [2.75, 3.05) is 19.8 Å². The van der Waals surface area contributed by atoms with Crippen LogP contribution < -0.4 is 48.9 Å². The standard InChI is InChI=1S/C40H65N9O26P2/c1-16(32(58)44-18(3)38(63)64)43-35(61)21(8-6-7-12-41)47-36(62)22(9-10-26(53)54)46-33(59)17(2)42-34(60)19(4)71-31-27(45-20(5)51)39(73-23(14-50)29(31)56)74-77(68,69)75-76(66,67)70-15-24-28(55)30(57)37(72-24)49-13-11-25(52)48-40(49)65/h11,13,16-19,21-24,27-31,37,39,50,55-57H,6-10,12,14-15,41H2,1-5H3,(H,42,60)(H,43,61)(H,44,58)(H,45,51)(H,46,59)(H,47,62)(H,53,54)(H,63,64)(H,66,67)(H,68,69)(H,48,52,65)/t16-,17+,18-,19-,21+,22-,23-,24-,27-,28-,29-,30-,31-,37-,39-/m1/s1. The molecule has 0 aromatic carbocycles. The number of hydrogen-bond acceptors (Lipinski definition) is 23. The van der Waals surface area contributed by atoms with Crippen molar-refractivity contribution in [1.82, 2.24) is 41.5 Å². The van der Waals surface area contributed by atoms with Gasteiger partial charge in [-0.1, -0.05) is 0 Å². The first kappa shape index (κ1) is 65.7. The van der Waals surface area contributed by atoms with Gasteiger partial charge in [0.25, 0.3) is 5.56 Å². The Hall–Kier alpha value is -5.62. The number of hydrogen-bond donors (Lipinski definition) is 16. The van der Waals surface area contributed by atoms with Crippen LogP contribution in [0.25, 0.3) is 0 Å². The van der Waals surface area contributed by atoms with E-state index in [1.807, 2.05) is 4.98 Å². The number of nitrogens with two attached hydrogens (primary N) is 1. The summed E-state index contributed by atoms with van der Waals surface area (Å²) in [5, 5.41) is 74.2. The second-order valence-corrected chi connectivity index (χ2v) is 20.5. The monoisotopic (exact) mass is 1150 g/mol. The first-order valence-corrected chi connectivity index (χ1v) is 26.4. The van der Waals surface area contributed by atoms with E-state index in [0.29, 0.717) is 11.0 Å². The highest BCUT2D eigenvalue weighted by Gasteiger charge is 2.52. The zero-order valence-corrected chi connectivity index (χ0v) is 43.6. The summed E-state index contributed by atoms with van der Waals surface area (Å²) < 4.78 is 57.2. The molecule has 1 aromatic rings. The molecule has 0 radical (unpaired) electrons. The second-order valence-electron chi connectivity index (χ2n) is 17.5. The summed E-state index contributed by atoms with van der Waals surface area (Å²) in [4.78, 5) is 148. The average molecular weight is 1150 g/mol. The van der Waals surface area contributed by atoms with Crippen molar-refractivity contribution in [3.05, 3.63) is 33.1 Å². The number of aromatic nitrogens is 2. The van der Waals surface area contributed by atoms with E-state index in [0.717, 1.165) is 33.0 Å². The van der Waals surface area contributed by atoms with Crippen molar-refractivity contribution in [3.63, 3.8) is 0 Å². The normalized spacial score (nSPS) is 26.2. The number of aromatic amines is 1. The number of aliphatic carboxylic acids is 2. The predicted molar refractivity (Wildman–Crippen MR) is 253 cm³/mol. The first-order valence-electron chi connectivity index (χ1n) is 23.4. The highest BCUT2D eigenvalue weighted by molar-refractivity contribution is 7.61. The third-order valence-corrected chi connectivity index (χ3v) is 14.0. The maximum atomic E-state index is 13.6. The minimum absolute atomic E-state index is 0.0616. The van der Waals surface area contributed by atoms with Gasteiger partial charge in [0.05, 0.1) is 13.2 Å². The molecule has 35 nitrogen and oxygen atoms in total. The van der Waals surface area contributed by atoms with Gasteiger partial charge in [-0.2, -0.15) is 4.31 Å². The van der Waals surface area contributed by atoms with Gasteiger partial charge in [0.2, 0.25) is 35.4 Å². The molecule has 436 valence electrons. The summed E-state index contributed by atoms with van der Waals surface area (Å²) in [6, 6.07) is -8.33. The molecule has 2 aliphatic rings. The maximum Gasteiger partial charge on any atom is 0.483 e. The molecule has 77 heavy (non-hydrogen) atoms. The summed E-state index contributed by atoms with van der Waals surface area (Å²) in [5.74, 6) is -8.82. The van der Waals surface area contributed by atoms with Crippen molar-refractivity contribution < 1.29 is 115 Å².